The van der Waals surface area contributed by atoms with Crippen LogP contribution < -0.4 is 10.6 Å². The third kappa shape index (κ3) is 4.19. The van der Waals surface area contributed by atoms with Crippen LogP contribution in [0.1, 0.15) is 44.0 Å². The molecule has 1 aromatic heterocycles. The zero-order chi connectivity index (χ0) is 14.4. The van der Waals surface area contributed by atoms with Gasteiger partial charge in [-0.25, -0.2) is 9.37 Å². The lowest BCUT2D eigenvalue weighted by atomic mass is 10.0. The normalized spacial score (nSPS) is 13.7. The van der Waals surface area contributed by atoms with E-state index in [9.17, 15) is 9.18 Å². The van der Waals surface area contributed by atoms with Gasteiger partial charge in [0.15, 0.2) is 11.6 Å². The number of halogens is 1. The maximum absolute atomic E-state index is 13.9. The lowest BCUT2D eigenvalue weighted by Crippen LogP contribution is -2.34. The van der Waals surface area contributed by atoms with Gasteiger partial charge in [-0.2, -0.15) is 0 Å². The van der Waals surface area contributed by atoms with Crippen molar-refractivity contribution in [2.45, 2.75) is 39.7 Å². The van der Waals surface area contributed by atoms with Crippen LogP contribution in [0.2, 0.25) is 0 Å². The Hall–Kier alpha value is -1.65. The van der Waals surface area contributed by atoms with Crippen molar-refractivity contribution in [3.63, 3.8) is 0 Å². The van der Waals surface area contributed by atoms with Gasteiger partial charge in [0.2, 0.25) is 0 Å². The summed E-state index contributed by atoms with van der Waals surface area (Å²) in [6.07, 6.45) is 3.37. The number of pyridine rings is 1. The van der Waals surface area contributed by atoms with Gasteiger partial charge >= 0.3 is 0 Å². The second-order valence-electron chi connectivity index (χ2n) is 4.89. The molecular formula is C14H22FN3O. The average Bonchev–Trinajstić information content (AvgIpc) is 2.38. The highest BCUT2D eigenvalue weighted by Crippen LogP contribution is 2.15. The average molecular weight is 267 g/mol. The van der Waals surface area contributed by atoms with E-state index in [2.05, 4.69) is 29.5 Å². The molecule has 0 radical (unpaired) electrons. The summed E-state index contributed by atoms with van der Waals surface area (Å²) in [5, 5.41) is 5.44. The van der Waals surface area contributed by atoms with Crippen molar-refractivity contribution in [1.82, 2.24) is 10.3 Å². The minimum Gasteiger partial charge on any atom is -0.371 e. The molecule has 106 valence electrons. The molecule has 4 nitrogen and oxygen atoms in total. The maximum Gasteiger partial charge on any atom is 0.254 e. The number of nitrogens with zero attached hydrogens (tertiary/aromatic N) is 1. The molecule has 1 heterocycles. The Morgan fingerprint density at radius 2 is 2.16 bits per heavy atom. The van der Waals surface area contributed by atoms with E-state index in [1.807, 2.05) is 6.92 Å². The van der Waals surface area contributed by atoms with Crippen LogP contribution in [-0.4, -0.2) is 24.0 Å². The van der Waals surface area contributed by atoms with Crippen molar-refractivity contribution >= 4 is 11.7 Å². The van der Waals surface area contributed by atoms with Gasteiger partial charge in [0.05, 0.1) is 5.56 Å². The van der Waals surface area contributed by atoms with E-state index in [4.69, 9.17) is 0 Å². The Balaban J connectivity index is 2.73. The van der Waals surface area contributed by atoms with Crippen molar-refractivity contribution < 1.29 is 9.18 Å². The Labute approximate surface area is 113 Å². The molecule has 1 amide bonds. The van der Waals surface area contributed by atoms with Gasteiger partial charge in [-0.15, -0.1) is 0 Å². The first-order valence-electron chi connectivity index (χ1n) is 6.62. The third-order valence-electron chi connectivity index (χ3n) is 3.20. The van der Waals surface area contributed by atoms with E-state index in [1.54, 1.807) is 7.05 Å². The largest absolute Gasteiger partial charge is 0.371 e. The topological polar surface area (TPSA) is 54.0 Å². The van der Waals surface area contributed by atoms with Gasteiger partial charge in [-0.05, 0) is 25.3 Å². The quantitative estimate of drug-likeness (QED) is 0.833. The Bertz CT molecular complexity index is 437. The number of rotatable bonds is 6. The van der Waals surface area contributed by atoms with Crippen LogP contribution in [0.5, 0.6) is 0 Å². The molecule has 2 N–H and O–H groups in total. The molecule has 0 fully saturated rings. The van der Waals surface area contributed by atoms with Gasteiger partial charge in [-0.3, -0.25) is 4.79 Å². The SMILES string of the molecule is CCC(C)CC(C)NC(=O)c1ccnc(NC)c1F. The minimum atomic E-state index is -0.613. The number of carbonyl (C=O) groups excluding carboxylic acids is 1. The lowest BCUT2D eigenvalue weighted by Gasteiger charge is -2.18. The predicted octanol–water partition coefficient (Wildman–Crippen LogP) is 2.82. The summed E-state index contributed by atoms with van der Waals surface area (Å²) in [5.41, 5.74) is 0.0235. The monoisotopic (exact) mass is 267 g/mol. The molecule has 0 aliphatic carbocycles. The Morgan fingerprint density at radius 1 is 1.47 bits per heavy atom. The van der Waals surface area contributed by atoms with E-state index >= 15 is 0 Å². The smallest absolute Gasteiger partial charge is 0.254 e. The molecule has 2 atom stereocenters. The number of hydrogen-bond donors (Lipinski definition) is 2. The van der Waals surface area contributed by atoms with Crippen molar-refractivity contribution in [3.05, 3.63) is 23.6 Å². The standard InChI is InChI=1S/C14H22FN3O/c1-5-9(2)8-10(3)18-14(19)11-6-7-17-13(16-4)12(11)15/h6-7,9-10H,5,8H2,1-4H3,(H,16,17)(H,18,19). The molecule has 19 heavy (non-hydrogen) atoms. The van der Waals surface area contributed by atoms with Gasteiger partial charge in [-0.1, -0.05) is 20.3 Å². The number of anilines is 1. The third-order valence-corrected chi connectivity index (χ3v) is 3.20. The first kappa shape index (κ1) is 15.4. The van der Waals surface area contributed by atoms with Crippen LogP contribution in [0.3, 0.4) is 0 Å². The van der Waals surface area contributed by atoms with Crippen molar-refractivity contribution in [1.29, 1.82) is 0 Å². The number of carbonyl (C=O) groups is 1. The Kier molecular flexibility index (Phi) is 5.73. The van der Waals surface area contributed by atoms with Crippen molar-refractivity contribution in [2.75, 3.05) is 12.4 Å². The summed E-state index contributed by atoms with van der Waals surface area (Å²) in [4.78, 5) is 15.8. The van der Waals surface area contributed by atoms with Gasteiger partial charge in [0, 0.05) is 19.3 Å². The molecule has 1 rings (SSSR count). The fraction of sp³-hybridized carbons (Fsp3) is 0.571. The molecule has 2 unspecified atom stereocenters. The molecule has 0 aliphatic heterocycles. The molecule has 0 spiro atoms. The molecular weight excluding hydrogens is 245 g/mol. The van der Waals surface area contributed by atoms with Crippen LogP contribution in [-0.2, 0) is 0 Å². The first-order valence-corrected chi connectivity index (χ1v) is 6.62. The number of aromatic nitrogens is 1. The molecule has 0 saturated heterocycles. The molecule has 0 bridgehead atoms. The number of amides is 1. The first-order chi connectivity index (χ1) is 8.99. The lowest BCUT2D eigenvalue weighted by molar-refractivity contribution is 0.0931. The second kappa shape index (κ2) is 7.07. The zero-order valence-electron chi connectivity index (χ0n) is 12.0. The van der Waals surface area contributed by atoms with E-state index < -0.39 is 11.7 Å². The van der Waals surface area contributed by atoms with Crippen molar-refractivity contribution in [2.24, 2.45) is 5.92 Å². The molecule has 0 aromatic carbocycles. The Morgan fingerprint density at radius 3 is 2.74 bits per heavy atom. The molecule has 1 aromatic rings. The summed E-state index contributed by atoms with van der Waals surface area (Å²) in [6.45, 7) is 6.18. The van der Waals surface area contributed by atoms with Crippen LogP contribution in [0, 0.1) is 11.7 Å². The predicted molar refractivity (Wildman–Crippen MR) is 74.7 cm³/mol. The summed E-state index contributed by atoms with van der Waals surface area (Å²) >= 11 is 0. The van der Waals surface area contributed by atoms with Crippen LogP contribution in [0.25, 0.3) is 0 Å². The van der Waals surface area contributed by atoms with Crippen LogP contribution >= 0.6 is 0 Å². The van der Waals surface area contributed by atoms with E-state index in [0.29, 0.717) is 5.92 Å². The number of nitrogens with one attached hydrogen (secondary N) is 2. The van der Waals surface area contributed by atoms with Crippen molar-refractivity contribution in [3.8, 4) is 0 Å². The highest BCUT2D eigenvalue weighted by Gasteiger charge is 2.17. The number of hydrogen-bond acceptors (Lipinski definition) is 3. The zero-order valence-corrected chi connectivity index (χ0v) is 12.0. The van der Waals surface area contributed by atoms with Crippen LogP contribution in [0.4, 0.5) is 10.2 Å². The summed E-state index contributed by atoms with van der Waals surface area (Å²) in [5.74, 6) is -0.391. The fourth-order valence-corrected chi connectivity index (χ4v) is 1.92. The molecule has 0 saturated carbocycles. The van der Waals surface area contributed by atoms with Gasteiger partial charge in [0.25, 0.3) is 5.91 Å². The van der Waals surface area contributed by atoms with E-state index in [1.165, 1.54) is 12.3 Å². The highest BCUT2D eigenvalue weighted by atomic mass is 19.1. The van der Waals surface area contributed by atoms with Gasteiger partial charge in [0.1, 0.15) is 0 Å². The van der Waals surface area contributed by atoms with Gasteiger partial charge < -0.3 is 10.6 Å². The molecule has 5 heteroatoms. The van der Waals surface area contributed by atoms with E-state index in [-0.39, 0.29) is 17.4 Å². The highest BCUT2D eigenvalue weighted by molar-refractivity contribution is 5.95. The minimum absolute atomic E-state index is 0.0213. The summed E-state index contributed by atoms with van der Waals surface area (Å²) in [7, 11) is 1.57. The second-order valence-corrected chi connectivity index (χ2v) is 4.89. The molecule has 0 aliphatic rings. The summed E-state index contributed by atoms with van der Waals surface area (Å²) < 4.78 is 13.9. The maximum atomic E-state index is 13.9. The van der Waals surface area contributed by atoms with Crippen LogP contribution in [0.15, 0.2) is 12.3 Å². The van der Waals surface area contributed by atoms with E-state index in [0.717, 1.165) is 12.8 Å². The summed E-state index contributed by atoms with van der Waals surface area (Å²) in [6, 6.07) is 1.41. The fourth-order valence-electron chi connectivity index (χ4n) is 1.92.